The maximum absolute atomic E-state index is 13.3. The number of ketones is 1. The van der Waals surface area contributed by atoms with E-state index in [1.54, 1.807) is 33.8 Å². The lowest BCUT2D eigenvalue weighted by molar-refractivity contribution is -0.354. The fourth-order valence-electron chi connectivity index (χ4n) is 12.3. The molecule has 4 aliphatic carbocycles. The smallest absolute Gasteiger partial charge is 0.333 e. The minimum atomic E-state index is -1.73. The van der Waals surface area contributed by atoms with Gasteiger partial charge in [0.15, 0.2) is 18.9 Å². The van der Waals surface area contributed by atoms with Crippen molar-refractivity contribution in [2.75, 3.05) is 20.3 Å². The first kappa shape index (κ1) is 48.9. The lowest BCUT2D eigenvalue weighted by atomic mass is 9.45. The van der Waals surface area contributed by atoms with E-state index in [0.29, 0.717) is 44.1 Å². The molecule has 3 saturated heterocycles. The van der Waals surface area contributed by atoms with Gasteiger partial charge in [0.1, 0.15) is 66.8 Å². The van der Waals surface area contributed by atoms with Crippen LogP contribution in [0.2, 0.25) is 0 Å². The third-order valence-corrected chi connectivity index (χ3v) is 16.3. The quantitative estimate of drug-likeness (QED) is 0.0744. The number of aliphatic hydroxyl groups excluding tert-OH is 7. The van der Waals surface area contributed by atoms with Gasteiger partial charge in [0, 0.05) is 30.4 Å². The Morgan fingerprint density at radius 2 is 1.52 bits per heavy atom. The van der Waals surface area contributed by atoms with Crippen LogP contribution in [0.25, 0.3) is 0 Å². The predicted octanol–water partition coefficient (Wildman–Crippen LogP) is 0.302. The second kappa shape index (κ2) is 19.0. The zero-order chi connectivity index (χ0) is 45.9. The number of fused-ring (bicyclic) bond motifs is 5. The van der Waals surface area contributed by atoms with E-state index in [4.69, 9.17) is 37.9 Å². The number of carbonyl (C=O) groups is 2. The number of allylic oxidation sites excluding steroid dienone is 2. The Kier molecular flexibility index (Phi) is 14.7. The van der Waals surface area contributed by atoms with Crippen molar-refractivity contribution in [3.05, 3.63) is 23.3 Å². The van der Waals surface area contributed by atoms with Crippen LogP contribution in [0.5, 0.6) is 0 Å². The summed E-state index contributed by atoms with van der Waals surface area (Å²) in [4.78, 5) is 26.3. The molecule has 22 atom stereocenters. The summed E-state index contributed by atoms with van der Waals surface area (Å²) in [7, 11) is 1.51. The molecular formula is C45H70O18. The van der Waals surface area contributed by atoms with Crippen LogP contribution in [-0.2, 0) is 47.5 Å². The van der Waals surface area contributed by atoms with Crippen molar-refractivity contribution in [1.29, 1.82) is 0 Å². The number of hydrogen-bond acceptors (Lipinski definition) is 18. The number of rotatable bonds is 12. The molecule has 0 radical (unpaired) electrons. The average molecular weight is 899 g/mol. The summed E-state index contributed by atoms with van der Waals surface area (Å²) in [5.74, 6) is -0.955. The number of Topliss-reactive ketones (excluding diaryl/α,β-unsaturated/α-hetero) is 1. The molecule has 0 amide bonds. The first-order chi connectivity index (χ1) is 29.7. The van der Waals surface area contributed by atoms with E-state index in [9.17, 15) is 50.4 Å². The van der Waals surface area contributed by atoms with Crippen LogP contribution < -0.4 is 0 Å². The van der Waals surface area contributed by atoms with Crippen molar-refractivity contribution in [3.63, 3.8) is 0 Å². The molecule has 7 aliphatic rings. The Bertz CT molecular complexity index is 1710. The van der Waals surface area contributed by atoms with Gasteiger partial charge in [-0.05, 0) is 89.9 Å². The van der Waals surface area contributed by atoms with Crippen LogP contribution >= 0.6 is 0 Å². The van der Waals surface area contributed by atoms with Gasteiger partial charge in [0.25, 0.3) is 0 Å². The van der Waals surface area contributed by atoms with Gasteiger partial charge in [-0.2, -0.15) is 0 Å². The molecule has 8 N–H and O–H groups in total. The second-order valence-corrected chi connectivity index (χ2v) is 19.5. The fourth-order valence-corrected chi connectivity index (χ4v) is 12.3. The standard InChI is InChI=1S/C45H70O18/c1-8-20(2)40(54)62-31-16-27-26(45(55)14-12-25(21(3)47)44(31,45)6)10-9-23-15-24(11-13-43(23,27)5)59-32-17-28(56-7)39(22(4)58-32)63-42-38(53)36(51)34(49)30(61-42)19-57-41-37(52)35(50)33(48)29(18-46)60-41/h8-9,22,24-39,41-42,46,48-53,55H,10-19H2,1-7H3/b20-8+. The Morgan fingerprint density at radius 1 is 0.857 bits per heavy atom. The van der Waals surface area contributed by atoms with E-state index in [-0.39, 0.29) is 35.6 Å². The summed E-state index contributed by atoms with van der Waals surface area (Å²) < 4.78 is 48.1. The Morgan fingerprint density at radius 3 is 2.17 bits per heavy atom. The third-order valence-electron chi connectivity index (χ3n) is 16.3. The number of ether oxygens (including phenoxy) is 8. The first-order valence-corrected chi connectivity index (χ1v) is 22.6. The van der Waals surface area contributed by atoms with Crippen molar-refractivity contribution in [1.82, 2.24) is 0 Å². The molecule has 7 rings (SSSR count). The molecule has 3 heterocycles. The van der Waals surface area contributed by atoms with Gasteiger partial charge in [-0.1, -0.05) is 31.6 Å². The highest BCUT2D eigenvalue weighted by molar-refractivity contribution is 5.88. The van der Waals surface area contributed by atoms with E-state index < -0.39 is 128 Å². The van der Waals surface area contributed by atoms with Gasteiger partial charge < -0.3 is 78.7 Å². The monoisotopic (exact) mass is 898 g/mol. The van der Waals surface area contributed by atoms with Crippen LogP contribution in [0.15, 0.2) is 23.3 Å². The molecule has 63 heavy (non-hydrogen) atoms. The molecule has 0 spiro atoms. The lowest BCUT2D eigenvalue weighted by Gasteiger charge is -2.63. The summed E-state index contributed by atoms with van der Waals surface area (Å²) in [6.07, 6.45) is -10.7. The second-order valence-electron chi connectivity index (χ2n) is 19.5. The maximum atomic E-state index is 13.3. The molecular weight excluding hydrogens is 828 g/mol. The molecule has 0 aromatic heterocycles. The molecule has 358 valence electrons. The highest BCUT2D eigenvalue weighted by atomic mass is 16.8. The van der Waals surface area contributed by atoms with Crippen LogP contribution in [0, 0.1) is 28.6 Å². The SMILES string of the molecule is C/C=C(\C)C(=O)OC1CC2C(CC=C3CC(OC4CC(OC)C(OC5OC(COC6OC(CO)C(O)C(O)C6O)C(O)C(O)C5O)C(C)O4)CCC32C)C2(O)CCC(C(C)=O)C12C. The summed E-state index contributed by atoms with van der Waals surface area (Å²) in [5, 5.41) is 85.3. The van der Waals surface area contributed by atoms with Crippen LogP contribution in [0.1, 0.15) is 92.9 Å². The minimum Gasteiger partial charge on any atom is -0.458 e. The van der Waals surface area contributed by atoms with Crippen molar-refractivity contribution in [2.45, 2.75) is 197 Å². The molecule has 18 nitrogen and oxygen atoms in total. The van der Waals surface area contributed by atoms with Crippen molar-refractivity contribution in [3.8, 4) is 0 Å². The Hall–Kier alpha value is -1.98. The van der Waals surface area contributed by atoms with Gasteiger partial charge in [0.05, 0.1) is 37.1 Å². The number of esters is 1. The third kappa shape index (κ3) is 8.63. The molecule has 22 unspecified atom stereocenters. The highest BCUT2D eigenvalue weighted by Crippen LogP contribution is 2.68. The van der Waals surface area contributed by atoms with Crippen molar-refractivity contribution >= 4 is 11.8 Å². The number of methoxy groups -OCH3 is 1. The number of aliphatic hydroxyl groups is 8. The van der Waals surface area contributed by atoms with E-state index in [0.717, 1.165) is 6.42 Å². The van der Waals surface area contributed by atoms with Crippen LogP contribution in [-0.4, -0.2) is 177 Å². The van der Waals surface area contributed by atoms with Crippen molar-refractivity contribution in [2.24, 2.45) is 28.6 Å². The van der Waals surface area contributed by atoms with Crippen LogP contribution in [0.3, 0.4) is 0 Å². The topological polar surface area (TPSA) is 270 Å². The van der Waals surface area contributed by atoms with E-state index >= 15 is 0 Å². The number of hydrogen-bond donors (Lipinski definition) is 8. The fraction of sp³-hybridized carbons (Fsp3) is 0.867. The normalized spacial score (nSPS) is 50.2. The lowest BCUT2D eigenvalue weighted by Crippen LogP contribution is -2.66. The van der Waals surface area contributed by atoms with Gasteiger partial charge in [-0.15, -0.1) is 0 Å². The van der Waals surface area contributed by atoms with E-state index in [2.05, 4.69) is 13.0 Å². The average Bonchev–Trinajstić information content (AvgIpc) is 3.55. The van der Waals surface area contributed by atoms with E-state index in [1.165, 1.54) is 12.7 Å². The predicted molar refractivity (Wildman–Crippen MR) is 218 cm³/mol. The molecule has 3 saturated carbocycles. The van der Waals surface area contributed by atoms with Gasteiger partial charge >= 0.3 is 5.97 Å². The summed E-state index contributed by atoms with van der Waals surface area (Å²) in [6.45, 7) is 9.85. The Labute approximate surface area is 368 Å². The molecule has 0 bridgehead atoms. The van der Waals surface area contributed by atoms with Crippen LogP contribution in [0.4, 0.5) is 0 Å². The summed E-state index contributed by atoms with van der Waals surface area (Å²) in [5.41, 5.74) is -0.715. The number of carbonyl (C=O) groups excluding carboxylic acids is 2. The van der Waals surface area contributed by atoms with Crippen molar-refractivity contribution < 1.29 is 88.3 Å². The molecule has 0 aromatic rings. The summed E-state index contributed by atoms with van der Waals surface area (Å²) in [6, 6.07) is 0. The maximum Gasteiger partial charge on any atom is 0.333 e. The first-order valence-electron chi connectivity index (χ1n) is 22.6. The van der Waals surface area contributed by atoms with Gasteiger partial charge in [-0.25, -0.2) is 4.79 Å². The van der Waals surface area contributed by atoms with E-state index in [1.807, 2.05) is 6.92 Å². The van der Waals surface area contributed by atoms with Gasteiger partial charge in [0.2, 0.25) is 0 Å². The zero-order valence-corrected chi connectivity index (χ0v) is 37.4. The molecule has 6 fully saturated rings. The molecule has 18 heteroatoms. The Balaban J connectivity index is 0.989. The molecule has 3 aliphatic heterocycles. The zero-order valence-electron chi connectivity index (χ0n) is 37.4. The minimum absolute atomic E-state index is 0.00329. The largest absolute Gasteiger partial charge is 0.458 e. The highest BCUT2D eigenvalue weighted by Gasteiger charge is 2.71. The molecule has 0 aromatic carbocycles. The summed E-state index contributed by atoms with van der Waals surface area (Å²) >= 11 is 0. The van der Waals surface area contributed by atoms with Gasteiger partial charge in [-0.3, -0.25) is 4.79 Å².